The fourth-order valence-electron chi connectivity index (χ4n) is 1.78. The van der Waals surface area contributed by atoms with Crippen molar-refractivity contribution in [2.45, 2.75) is 10.6 Å². The van der Waals surface area contributed by atoms with E-state index in [0.717, 1.165) is 24.3 Å². The Morgan fingerprint density at radius 2 is 1.65 bits per heavy atom. The molecule has 0 radical (unpaired) electrons. The molecule has 104 valence electrons. The third-order valence-corrected chi connectivity index (χ3v) is 4.45. The summed E-state index contributed by atoms with van der Waals surface area (Å²) in [4.78, 5) is 11.0. The number of aromatic carboxylic acids is 1. The summed E-state index contributed by atoms with van der Waals surface area (Å²) in [5, 5.41) is 9.03. The van der Waals surface area contributed by atoms with Crippen molar-refractivity contribution in [3.63, 3.8) is 0 Å². The van der Waals surface area contributed by atoms with Crippen molar-refractivity contribution in [1.82, 2.24) is 0 Å². The minimum absolute atomic E-state index is 0.0425. The van der Waals surface area contributed by atoms with E-state index in [4.69, 9.17) is 5.11 Å². The van der Waals surface area contributed by atoms with Crippen molar-refractivity contribution in [3.05, 3.63) is 65.5 Å². The van der Waals surface area contributed by atoms with Gasteiger partial charge in [-0.2, -0.15) is 0 Å². The Bertz CT molecular complexity index is 736. The van der Waals surface area contributed by atoms with E-state index in [1.165, 1.54) is 18.2 Å². The van der Waals surface area contributed by atoms with Crippen LogP contribution in [0.2, 0.25) is 0 Å². The number of hydrogen-bond donors (Lipinski definition) is 1. The van der Waals surface area contributed by atoms with Gasteiger partial charge in [-0.15, -0.1) is 0 Å². The normalized spacial score (nSPS) is 11.2. The highest BCUT2D eigenvalue weighted by Crippen LogP contribution is 2.19. The Morgan fingerprint density at radius 3 is 2.25 bits per heavy atom. The SMILES string of the molecule is O=C(O)c1ccccc1CS(=O)(=O)c1ccc(F)cc1. The van der Waals surface area contributed by atoms with E-state index in [1.807, 2.05) is 0 Å². The van der Waals surface area contributed by atoms with Crippen LogP contribution >= 0.6 is 0 Å². The van der Waals surface area contributed by atoms with Crippen LogP contribution in [0, 0.1) is 5.82 Å². The molecule has 0 unspecified atom stereocenters. The zero-order chi connectivity index (χ0) is 14.8. The first-order valence-electron chi connectivity index (χ1n) is 5.70. The average Bonchev–Trinajstić information content (AvgIpc) is 2.39. The van der Waals surface area contributed by atoms with E-state index >= 15 is 0 Å². The second kappa shape index (κ2) is 5.42. The number of carboxylic acid groups (broad SMARTS) is 1. The van der Waals surface area contributed by atoms with Crippen LogP contribution in [-0.4, -0.2) is 19.5 Å². The molecule has 0 aromatic heterocycles. The molecule has 2 rings (SSSR count). The molecule has 0 spiro atoms. The maximum atomic E-state index is 12.8. The van der Waals surface area contributed by atoms with Gasteiger partial charge < -0.3 is 5.11 Å². The van der Waals surface area contributed by atoms with Gasteiger partial charge in [0.05, 0.1) is 16.2 Å². The van der Waals surface area contributed by atoms with Crippen molar-refractivity contribution in [3.8, 4) is 0 Å². The number of carbonyl (C=O) groups is 1. The molecule has 1 N–H and O–H groups in total. The lowest BCUT2D eigenvalue weighted by molar-refractivity contribution is 0.0696. The summed E-state index contributed by atoms with van der Waals surface area (Å²) in [6, 6.07) is 10.3. The van der Waals surface area contributed by atoms with Crippen molar-refractivity contribution >= 4 is 15.8 Å². The number of rotatable bonds is 4. The molecule has 2 aromatic rings. The Labute approximate surface area is 115 Å². The van der Waals surface area contributed by atoms with Crippen molar-refractivity contribution < 1.29 is 22.7 Å². The number of carboxylic acids is 1. The average molecular weight is 294 g/mol. The van der Waals surface area contributed by atoms with Gasteiger partial charge in [0.2, 0.25) is 0 Å². The van der Waals surface area contributed by atoms with E-state index in [-0.39, 0.29) is 16.0 Å². The van der Waals surface area contributed by atoms with E-state index in [2.05, 4.69) is 0 Å². The summed E-state index contributed by atoms with van der Waals surface area (Å²) in [6.45, 7) is 0. The van der Waals surface area contributed by atoms with Crippen LogP contribution in [-0.2, 0) is 15.6 Å². The van der Waals surface area contributed by atoms with Gasteiger partial charge >= 0.3 is 5.97 Å². The second-order valence-corrected chi connectivity index (χ2v) is 6.16. The number of hydrogen-bond acceptors (Lipinski definition) is 3. The van der Waals surface area contributed by atoms with Gasteiger partial charge in [0.15, 0.2) is 9.84 Å². The van der Waals surface area contributed by atoms with E-state index < -0.39 is 27.4 Å². The van der Waals surface area contributed by atoms with Crippen LogP contribution in [0.25, 0.3) is 0 Å². The van der Waals surface area contributed by atoms with Crippen molar-refractivity contribution in [1.29, 1.82) is 0 Å². The van der Waals surface area contributed by atoms with E-state index in [9.17, 15) is 17.6 Å². The molecule has 0 atom stereocenters. The summed E-state index contributed by atoms with van der Waals surface area (Å²) < 4.78 is 37.1. The highest BCUT2D eigenvalue weighted by molar-refractivity contribution is 7.90. The smallest absolute Gasteiger partial charge is 0.335 e. The lowest BCUT2D eigenvalue weighted by Gasteiger charge is -2.07. The molecule has 0 saturated carbocycles. The number of benzene rings is 2. The van der Waals surface area contributed by atoms with Crippen LogP contribution in [0.3, 0.4) is 0 Å². The Balaban J connectivity index is 2.38. The molecule has 20 heavy (non-hydrogen) atoms. The van der Waals surface area contributed by atoms with E-state index in [0.29, 0.717) is 0 Å². The predicted octanol–water partition coefficient (Wildman–Crippen LogP) is 2.50. The maximum absolute atomic E-state index is 12.8. The van der Waals surface area contributed by atoms with Crippen LogP contribution in [0.15, 0.2) is 53.4 Å². The molecular weight excluding hydrogens is 283 g/mol. The standard InChI is InChI=1S/C14H11FO4S/c15-11-5-7-12(8-6-11)20(18,19)9-10-3-1-2-4-13(10)14(16)17/h1-8H,9H2,(H,16,17). The van der Waals surface area contributed by atoms with Gasteiger partial charge in [-0.1, -0.05) is 18.2 Å². The largest absolute Gasteiger partial charge is 0.478 e. The zero-order valence-corrected chi connectivity index (χ0v) is 11.1. The molecule has 0 heterocycles. The molecule has 0 amide bonds. The Hall–Kier alpha value is -2.21. The van der Waals surface area contributed by atoms with Gasteiger partial charge in [-0.05, 0) is 35.9 Å². The van der Waals surface area contributed by atoms with Crippen molar-refractivity contribution in [2.24, 2.45) is 0 Å². The lowest BCUT2D eigenvalue weighted by Crippen LogP contribution is -2.09. The van der Waals surface area contributed by atoms with Crippen LogP contribution in [0.5, 0.6) is 0 Å². The van der Waals surface area contributed by atoms with Crippen molar-refractivity contribution in [2.75, 3.05) is 0 Å². The summed E-state index contributed by atoms with van der Waals surface area (Å²) in [5.41, 5.74) is 0.141. The quantitative estimate of drug-likeness (QED) is 0.879. The molecule has 4 nitrogen and oxygen atoms in total. The molecule has 0 fully saturated rings. The van der Waals surface area contributed by atoms with Gasteiger partial charge in [-0.25, -0.2) is 17.6 Å². The van der Waals surface area contributed by atoms with Gasteiger partial charge in [0.1, 0.15) is 5.82 Å². The molecule has 0 bridgehead atoms. The minimum Gasteiger partial charge on any atom is -0.478 e. The first-order valence-corrected chi connectivity index (χ1v) is 7.35. The third-order valence-electron chi connectivity index (χ3n) is 2.77. The highest BCUT2D eigenvalue weighted by Gasteiger charge is 2.19. The summed E-state index contributed by atoms with van der Waals surface area (Å²) in [6.07, 6.45) is 0. The molecular formula is C14H11FO4S. The first-order chi connectivity index (χ1) is 9.40. The van der Waals surface area contributed by atoms with Gasteiger partial charge in [-0.3, -0.25) is 0 Å². The van der Waals surface area contributed by atoms with E-state index in [1.54, 1.807) is 6.07 Å². The summed E-state index contributed by atoms with van der Waals surface area (Å²) in [7, 11) is -3.72. The Kier molecular flexibility index (Phi) is 3.85. The minimum atomic E-state index is -3.72. The molecule has 0 aliphatic carbocycles. The lowest BCUT2D eigenvalue weighted by atomic mass is 10.1. The summed E-state index contributed by atoms with van der Waals surface area (Å²) in [5.74, 6) is -2.16. The van der Waals surface area contributed by atoms with Crippen LogP contribution in [0.4, 0.5) is 4.39 Å². The number of sulfone groups is 1. The van der Waals surface area contributed by atoms with Crippen LogP contribution < -0.4 is 0 Å². The maximum Gasteiger partial charge on any atom is 0.335 e. The second-order valence-electron chi connectivity index (χ2n) is 4.18. The zero-order valence-electron chi connectivity index (χ0n) is 10.3. The fourth-order valence-corrected chi connectivity index (χ4v) is 3.16. The molecule has 2 aromatic carbocycles. The van der Waals surface area contributed by atoms with Gasteiger partial charge in [0.25, 0.3) is 0 Å². The molecule has 6 heteroatoms. The number of halogens is 1. The first kappa shape index (κ1) is 14.2. The monoisotopic (exact) mass is 294 g/mol. The Morgan fingerprint density at radius 1 is 1.05 bits per heavy atom. The fraction of sp³-hybridized carbons (Fsp3) is 0.0714. The highest BCUT2D eigenvalue weighted by atomic mass is 32.2. The predicted molar refractivity (Wildman–Crippen MR) is 70.7 cm³/mol. The van der Waals surface area contributed by atoms with Crippen LogP contribution in [0.1, 0.15) is 15.9 Å². The topological polar surface area (TPSA) is 71.4 Å². The van der Waals surface area contributed by atoms with Gasteiger partial charge in [0, 0.05) is 0 Å². The molecule has 0 aliphatic rings. The molecule has 0 aliphatic heterocycles. The summed E-state index contributed by atoms with van der Waals surface area (Å²) >= 11 is 0. The third kappa shape index (κ3) is 3.03. The molecule has 0 saturated heterocycles.